The highest BCUT2D eigenvalue weighted by Gasteiger charge is 2.04. The van der Waals surface area contributed by atoms with E-state index in [1.54, 1.807) is 0 Å². The molecule has 1 nitrogen and oxygen atoms in total. The van der Waals surface area contributed by atoms with Crippen molar-refractivity contribution in [3.05, 3.63) is 12.7 Å². The molecule has 1 N–H and O–H groups in total. The van der Waals surface area contributed by atoms with Gasteiger partial charge in [-0.1, -0.05) is 6.08 Å². The fourth-order valence-corrected chi connectivity index (χ4v) is 0.378. The van der Waals surface area contributed by atoms with Crippen LogP contribution in [0.3, 0.4) is 0 Å². The van der Waals surface area contributed by atoms with Crippen LogP contribution in [0.2, 0.25) is 0 Å². The van der Waals surface area contributed by atoms with Gasteiger partial charge in [-0.05, 0) is 20.8 Å². The molecule has 0 saturated heterocycles. The fourth-order valence-electron chi connectivity index (χ4n) is 0.378. The summed E-state index contributed by atoms with van der Waals surface area (Å²) < 4.78 is 0. The molecule has 0 saturated carbocycles. The SMILES string of the molecule is C=CCNC(C)(C)C. The van der Waals surface area contributed by atoms with Crippen molar-refractivity contribution in [2.24, 2.45) is 0 Å². The highest BCUT2D eigenvalue weighted by molar-refractivity contribution is 4.77. The Labute approximate surface area is 51.8 Å². The summed E-state index contributed by atoms with van der Waals surface area (Å²) in [6, 6.07) is 0. The molecule has 0 rings (SSSR count). The Balaban J connectivity index is 3.24. The van der Waals surface area contributed by atoms with Gasteiger partial charge in [-0.15, -0.1) is 6.58 Å². The first-order valence-electron chi connectivity index (χ1n) is 2.92. The van der Waals surface area contributed by atoms with Crippen LogP contribution in [0.5, 0.6) is 0 Å². The molecule has 48 valence electrons. The van der Waals surface area contributed by atoms with Crippen molar-refractivity contribution in [1.29, 1.82) is 0 Å². The van der Waals surface area contributed by atoms with Crippen LogP contribution < -0.4 is 5.32 Å². The molecule has 8 heavy (non-hydrogen) atoms. The monoisotopic (exact) mass is 113 g/mol. The molecular formula is C7H15N. The maximum Gasteiger partial charge on any atom is 0.0137 e. The molecule has 1 heteroatoms. The topological polar surface area (TPSA) is 12.0 Å². The third-order valence-corrected chi connectivity index (χ3v) is 0.777. The Morgan fingerprint density at radius 3 is 2.12 bits per heavy atom. The van der Waals surface area contributed by atoms with Crippen molar-refractivity contribution >= 4 is 0 Å². The van der Waals surface area contributed by atoms with Crippen LogP contribution in [0.4, 0.5) is 0 Å². The van der Waals surface area contributed by atoms with E-state index in [2.05, 4.69) is 32.7 Å². The van der Waals surface area contributed by atoms with E-state index >= 15 is 0 Å². The number of nitrogens with one attached hydrogen (secondary N) is 1. The van der Waals surface area contributed by atoms with Crippen molar-refractivity contribution in [2.45, 2.75) is 26.3 Å². The van der Waals surface area contributed by atoms with Crippen LogP contribution >= 0.6 is 0 Å². The lowest BCUT2D eigenvalue weighted by atomic mass is 10.1. The first kappa shape index (κ1) is 7.70. The van der Waals surface area contributed by atoms with Gasteiger partial charge in [0.1, 0.15) is 0 Å². The number of hydrogen-bond donors (Lipinski definition) is 1. The van der Waals surface area contributed by atoms with Gasteiger partial charge in [0.2, 0.25) is 0 Å². The molecule has 0 aromatic heterocycles. The summed E-state index contributed by atoms with van der Waals surface area (Å²) in [5.41, 5.74) is 0.230. The molecule has 0 aromatic carbocycles. The van der Waals surface area contributed by atoms with Crippen molar-refractivity contribution in [3.63, 3.8) is 0 Å². The Morgan fingerprint density at radius 1 is 1.50 bits per heavy atom. The average molecular weight is 113 g/mol. The molecule has 0 aliphatic carbocycles. The van der Waals surface area contributed by atoms with E-state index in [1.807, 2.05) is 6.08 Å². The maximum atomic E-state index is 3.60. The molecule has 0 unspecified atom stereocenters. The van der Waals surface area contributed by atoms with Gasteiger partial charge in [0.05, 0.1) is 0 Å². The number of rotatable bonds is 2. The van der Waals surface area contributed by atoms with Crippen molar-refractivity contribution < 1.29 is 0 Å². The average Bonchev–Trinajstić information content (AvgIpc) is 1.59. The Bertz CT molecular complexity index is 68.9. The molecule has 0 radical (unpaired) electrons. The summed E-state index contributed by atoms with van der Waals surface area (Å²) in [6.07, 6.45) is 1.87. The van der Waals surface area contributed by atoms with Crippen molar-refractivity contribution in [1.82, 2.24) is 5.32 Å². The largest absolute Gasteiger partial charge is 0.309 e. The van der Waals surface area contributed by atoms with Gasteiger partial charge in [0.15, 0.2) is 0 Å². The van der Waals surface area contributed by atoms with E-state index in [0.717, 1.165) is 6.54 Å². The molecule has 0 bridgehead atoms. The van der Waals surface area contributed by atoms with Crippen molar-refractivity contribution in [2.75, 3.05) is 6.54 Å². The summed E-state index contributed by atoms with van der Waals surface area (Å²) >= 11 is 0. The summed E-state index contributed by atoms with van der Waals surface area (Å²) in [6.45, 7) is 10.9. The molecule has 0 heterocycles. The lowest BCUT2D eigenvalue weighted by Crippen LogP contribution is -2.35. The van der Waals surface area contributed by atoms with Gasteiger partial charge in [-0.25, -0.2) is 0 Å². The van der Waals surface area contributed by atoms with E-state index < -0.39 is 0 Å². The summed E-state index contributed by atoms with van der Waals surface area (Å²) in [4.78, 5) is 0. The third-order valence-electron chi connectivity index (χ3n) is 0.777. The quantitative estimate of drug-likeness (QED) is 0.536. The van der Waals surface area contributed by atoms with Crippen LogP contribution in [-0.4, -0.2) is 12.1 Å². The molecule has 0 aromatic rings. The van der Waals surface area contributed by atoms with Crippen LogP contribution in [0.15, 0.2) is 12.7 Å². The predicted molar refractivity (Wildman–Crippen MR) is 38.0 cm³/mol. The lowest BCUT2D eigenvalue weighted by Gasteiger charge is -2.18. The third kappa shape index (κ3) is 5.70. The summed E-state index contributed by atoms with van der Waals surface area (Å²) in [5.74, 6) is 0. The highest BCUT2D eigenvalue weighted by atomic mass is 14.9. The minimum atomic E-state index is 0.230. The van der Waals surface area contributed by atoms with Gasteiger partial charge >= 0.3 is 0 Å². The van der Waals surface area contributed by atoms with E-state index in [-0.39, 0.29) is 5.54 Å². The lowest BCUT2D eigenvalue weighted by molar-refractivity contribution is 0.449. The minimum Gasteiger partial charge on any atom is -0.309 e. The minimum absolute atomic E-state index is 0.230. The van der Waals surface area contributed by atoms with Crippen LogP contribution in [-0.2, 0) is 0 Å². The zero-order chi connectivity index (χ0) is 6.62. The second-order valence-electron chi connectivity index (χ2n) is 2.92. The zero-order valence-corrected chi connectivity index (χ0v) is 5.99. The van der Waals surface area contributed by atoms with Gasteiger partial charge in [0, 0.05) is 12.1 Å². The van der Waals surface area contributed by atoms with Gasteiger partial charge in [-0.3, -0.25) is 0 Å². The Kier molecular flexibility index (Phi) is 2.77. The summed E-state index contributed by atoms with van der Waals surface area (Å²) in [5, 5.41) is 3.25. The van der Waals surface area contributed by atoms with Crippen LogP contribution in [0.1, 0.15) is 20.8 Å². The van der Waals surface area contributed by atoms with E-state index in [9.17, 15) is 0 Å². The second kappa shape index (κ2) is 2.88. The first-order chi connectivity index (χ1) is 3.56. The van der Waals surface area contributed by atoms with Gasteiger partial charge in [-0.2, -0.15) is 0 Å². The predicted octanol–water partition coefficient (Wildman–Crippen LogP) is 1.56. The van der Waals surface area contributed by atoms with E-state index in [0.29, 0.717) is 0 Å². The normalized spacial score (nSPS) is 11.4. The van der Waals surface area contributed by atoms with Gasteiger partial charge < -0.3 is 5.32 Å². The molecule has 0 spiro atoms. The molecule has 0 aliphatic heterocycles. The van der Waals surface area contributed by atoms with Crippen molar-refractivity contribution in [3.8, 4) is 0 Å². The molecule has 0 fully saturated rings. The molecular weight excluding hydrogens is 98.1 g/mol. The molecule has 0 amide bonds. The Hall–Kier alpha value is -0.300. The smallest absolute Gasteiger partial charge is 0.0137 e. The fraction of sp³-hybridized carbons (Fsp3) is 0.714. The Morgan fingerprint density at radius 2 is 2.00 bits per heavy atom. The maximum absolute atomic E-state index is 3.60. The second-order valence-corrected chi connectivity index (χ2v) is 2.92. The van der Waals surface area contributed by atoms with Crippen LogP contribution in [0, 0.1) is 0 Å². The standard InChI is InChI=1S/C7H15N/c1-5-6-8-7(2,3)4/h5,8H,1,6H2,2-4H3. The highest BCUT2D eigenvalue weighted by Crippen LogP contribution is 1.96. The number of hydrogen-bond acceptors (Lipinski definition) is 1. The first-order valence-corrected chi connectivity index (χ1v) is 2.92. The van der Waals surface area contributed by atoms with E-state index in [4.69, 9.17) is 0 Å². The molecule has 0 atom stereocenters. The van der Waals surface area contributed by atoms with Crippen LogP contribution in [0.25, 0.3) is 0 Å². The van der Waals surface area contributed by atoms with E-state index in [1.165, 1.54) is 0 Å². The zero-order valence-electron chi connectivity index (χ0n) is 5.99. The summed E-state index contributed by atoms with van der Waals surface area (Å²) in [7, 11) is 0. The molecule has 0 aliphatic rings. The van der Waals surface area contributed by atoms with Gasteiger partial charge in [0.25, 0.3) is 0 Å².